The summed E-state index contributed by atoms with van der Waals surface area (Å²) in [6, 6.07) is 5.77. The number of hydrogen-bond donors (Lipinski definition) is 1. The van der Waals surface area contributed by atoms with Gasteiger partial charge in [-0.3, -0.25) is 0 Å². The molecule has 1 aromatic rings. The molecule has 2 rings (SSSR count). The normalized spacial score (nSPS) is 15.1. The van der Waals surface area contributed by atoms with Crippen molar-refractivity contribution in [2.75, 3.05) is 13.7 Å². The van der Waals surface area contributed by atoms with Gasteiger partial charge in [0.05, 0.1) is 13.7 Å². The van der Waals surface area contributed by atoms with Crippen molar-refractivity contribution in [2.45, 2.75) is 19.4 Å². The van der Waals surface area contributed by atoms with E-state index in [0.29, 0.717) is 6.54 Å². The average Bonchev–Trinajstić information content (AvgIpc) is 3.10. The molecule has 1 aromatic carbocycles. The van der Waals surface area contributed by atoms with E-state index in [2.05, 4.69) is 0 Å². The predicted octanol–water partition coefficient (Wildman–Crippen LogP) is 1.94. The minimum absolute atomic E-state index is 0.483. The SMILES string of the molecule is COc1ccc(OCC2CC2)c(CN)c1. The Morgan fingerprint density at radius 3 is 2.80 bits per heavy atom. The molecule has 1 aliphatic carbocycles. The van der Waals surface area contributed by atoms with E-state index in [1.54, 1.807) is 7.11 Å². The van der Waals surface area contributed by atoms with E-state index >= 15 is 0 Å². The molecular formula is C12H17NO2. The van der Waals surface area contributed by atoms with Gasteiger partial charge in [-0.2, -0.15) is 0 Å². The minimum atomic E-state index is 0.483. The summed E-state index contributed by atoms with van der Waals surface area (Å²) in [4.78, 5) is 0. The predicted molar refractivity (Wildman–Crippen MR) is 59.1 cm³/mol. The number of benzene rings is 1. The first-order valence-electron chi connectivity index (χ1n) is 5.33. The van der Waals surface area contributed by atoms with Crippen LogP contribution in [0, 0.1) is 5.92 Å². The van der Waals surface area contributed by atoms with Crippen LogP contribution < -0.4 is 15.2 Å². The maximum absolute atomic E-state index is 5.72. The van der Waals surface area contributed by atoms with E-state index in [0.717, 1.165) is 29.6 Å². The molecule has 1 aliphatic rings. The Bertz CT molecular complexity index is 334. The molecule has 0 aliphatic heterocycles. The summed E-state index contributed by atoms with van der Waals surface area (Å²) in [5.74, 6) is 2.48. The van der Waals surface area contributed by atoms with E-state index in [-0.39, 0.29) is 0 Å². The molecule has 0 unspecified atom stereocenters. The van der Waals surface area contributed by atoms with E-state index in [1.165, 1.54) is 12.8 Å². The fourth-order valence-electron chi connectivity index (χ4n) is 1.48. The highest BCUT2D eigenvalue weighted by atomic mass is 16.5. The molecule has 3 nitrogen and oxygen atoms in total. The summed E-state index contributed by atoms with van der Waals surface area (Å²) in [5.41, 5.74) is 6.67. The van der Waals surface area contributed by atoms with Gasteiger partial charge < -0.3 is 15.2 Å². The standard InChI is InChI=1S/C12H17NO2/c1-14-11-4-5-12(10(6-11)7-13)15-8-9-2-3-9/h4-6,9H,2-3,7-8,13H2,1H3. The molecule has 0 radical (unpaired) electrons. The van der Waals surface area contributed by atoms with Crippen LogP contribution in [0.15, 0.2) is 18.2 Å². The van der Waals surface area contributed by atoms with Gasteiger partial charge in [0, 0.05) is 12.1 Å². The van der Waals surface area contributed by atoms with Gasteiger partial charge >= 0.3 is 0 Å². The molecule has 0 atom stereocenters. The van der Waals surface area contributed by atoms with Crippen LogP contribution in [-0.2, 0) is 6.54 Å². The Kier molecular flexibility index (Phi) is 3.11. The van der Waals surface area contributed by atoms with Crippen molar-refractivity contribution in [1.29, 1.82) is 0 Å². The highest BCUT2D eigenvalue weighted by molar-refractivity contribution is 5.40. The average molecular weight is 207 g/mol. The summed E-state index contributed by atoms with van der Waals surface area (Å²) in [6.45, 7) is 1.30. The lowest BCUT2D eigenvalue weighted by atomic mass is 10.2. The van der Waals surface area contributed by atoms with E-state index < -0.39 is 0 Å². The van der Waals surface area contributed by atoms with Crippen LogP contribution in [0.25, 0.3) is 0 Å². The topological polar surface area (TPSA) is 44.5 Å². The third-order valence-corrected chi connectivity index (χ3v) is 2.66. The van der Waals surface area contributed by atoms with E-state index in [9.17, 15) is 0 Å². The second-order valence-corrected chi connectivity index (χ2v) is 3.93. The van der Waals surface area contributed by atoms with Crippen molar-refractivity contribution in [2.24, 2.45) is 11.7 Å². The maximum atomic E-state index is 5.72. The van der Waals surface area contributed by atoms with Gasteiger partial charge in [0.1, 0.15) is 11.5 Å². The zero-order chi connectivity index (χ0) is 10.7. The van der Waals surface area contributed by atoms with Crippen molar-refractivity contribution in [3.63, 3.8) is 0 Å². The summed E-state index contributed by atoms with van der Waals surface area (Å²) in [5, 5.41) is 0. The van der Waals surface area contributed by atoms with Gasteiger partial charge in [-0.15, -0.1) is 0 Å². The third-order valence-electron chi connectivity index (χ3n) is 2.66. The Morgan fingerprint density at radius 1 is 1.40 bits per heavy atom. The van der Waals surface area contributed by atoms with Crippen LogP contribution in [0.1, 0.15) is 18.4 Å². The van der Waals surface area contributed by atoms with Gasteiger partial charge in [-0.1, -0.05) is 0 Å². The van der Waals surface area contributed by atoms with E-state index in [4.69, 9.17) is 15.2 Å². The third kappa shape index (κ3) is 2.63. The lowest BCUT2D eigenvalue weighted by Gasteiger charge is -2.11. The Morgan fingerprint density at radius 2 is 2.20 bits per heavy atom. The van der Waals surface area contributed by atoms with Crippen molar-refractivity contribution < 1.29 is 9.47 Å². The largest absolute Gasteiger partial charge is 0.497 e. The van der Waals surface area contributed by atoms with Crippen LogP contribution in [0.3, 0.4) is 0 Å². The summed E-state index contributed by atoms with van der Waals surface area (Å²) in [6.07, 6.45) is 2.60. The smallest absolute Gasteiger partial charge is 0.124 e. The molecular weight excluding hydrogens is 190 g/mol. The van der Waals surface area contributed by atoms with E-state index in [1.807, 2.05) is 18.2 Å². The van der Waals surface area contributed by atoms with Gasteiger partial charge in [0.2, 0.25) is 0 Å². The summed E-state index contributed by atoms with van der Waals surface area (Å²) < 4.78 is 10.9. The number of nitrogens with two attached hydrogens (primary N) is 1. The van der Waals surface area contributed by atoms with Gasteiger partial charge in [-0.25, -0.2) is 0 Å². The number of methoxy groups -OCH3 is 1. The van der Waals surface area contributed by atoms with Gasteiger partial charge in [-0.05, 0) is 37.0 Å². The molecule has 0 spiro atoms. The fraction of sp³-hybridized carbons (Fsp3) is 0.500. The fourth-order valence-corrected chi connectivity index (χ4v) is 1.48. The first kappa shape index (κ1) is 10.3. The second kappa shape index (κ2) is 4.53. The summed E-state index contributed by atoms with van der Waals surface area (Å²) in [7, 11) is 1.65. The van der Waals surface area contributed by atoms with Crippen molar-refractivity contribution in [3.05, 3.63) is 23.8 Å². The number of ether oxygens (including phenoxy) is 2. The zero-order valence-electron chi connectivity index (χ0n) is 9.03. The van der Waals surface area contributed by atoms with Crippen LogP contribution in [0.2, 0.25) is 0 Å². The lowest BCUT2D eigenvalue weighted by molar-refractivity contribution is 0.296. The van der Waals surface area contributed by atoms with Gasteiger partial charge in [0.25, 0.3) is 0 Å². The highest BCUT2D eigenvalue weighted by Crippen LogP contribution is 2.31. The Hall–Kier alpha value is -1.22. The molecule has 1 saturated carbocycles. The monoisotopic (exact) mass is 207 g/mol. The first-order chi connectivity index (χ1) is 7.33. The molecule has 0 saturated heterocycles. The zero-order valence-corrected chi connectivity index (χ0v) is 9.03. The molecule has 1 fully saturated rings. The highest BCUT2D eigenvalue weighted by Gasteiger charge is 2.22. The van der Waals surface area contributed by atoms with Crippen LogP contribution in [0.4, 0.5) is 0 Å². The van der Waals surface area contributed by atoms with Crippen molar-refractivity contribution >= 4 is 0 Å². The molecule has 82 valence electrons. The molecule has 2 N–H and O–H groups in total. The number of rotatable bonds is 5. The molecule has 15 heavy (non-hydrogen) atoms. The maximum Gasteiger partial charge on any atom is 0.124 e. The molecule has 0 bridgehead atoms. The molecule has 0 amide bonds. The second-order valence-electron chi connectivity index (χ2n) is 3.93. The van der Waals surface area contributed by atoms with Crippen molar-refractivity contribution in [1.82, 2.24) is 0 Å². The van der Waals surface area contributed by atoms with Crippen LogP contribution in [-0.4, -0.2) is 13.7 Å². The first-order valence-corrected chi connectivity index (χ1v) is 5.33. The minimum Gasteiger partial charge on any atom is -0.497 e. The van der Waals surface area contributed by atoms with Crippen LogP contribution >= 0.6 is 0 Å². The lowest BCUT2D eigenvalue weighted by Crippen LogP contribution is -2.05. The quantitative estimate of drug-likeness (QED) is 0.802. The van der Waals surface area contributed by atoms with Gasteiger partial charge in [0.15, 0.2) is 0 Å². The Labute approximate surface area is 90.2 Å². The number of hydrogen-bond acceptors (Lipinski definition) is 3. The van der Waals surface area contributed by atoms with Crippen LogP contribution in [0.5, 0.6) is 11.5 Å². The molecule has 3 heteroatoms. The Balaban J connectivity index is 2.06. The van der Waals surface area contributed by atoms with Crippen molar-refractivity contribution in [3.8, 4) is 11.5 Å². The molecule has 0 aromatic heterocycles. The molecule has 0 heterocycles. The summed E-state index contributed by atoms with van der Waals surface area (Å²) >= 11 is 0.